The maximum Gasteiger partial charge on any atom is 0.0340 e. The van der Waals surface area contributed by atoms with Crippen molar-refractivity contribution in [3.63, 3.8) is 0 Å². The molecule has 0 aliphatic rings. The van der Waals surface area contributed by atoms with Crippen LogP contribution in [0.25, 0.3) is 6.08 Å². The minimum atomic E-state index is 1.11. The van der Waals surface area contributed by atoms with E-state index in [1.165, 1.54) is 11.1 Å². The summed E-state index contributed by atoms with van der Waals surface area (Å²) >= 11 is 0. The summed E-state index contributed by atoms with van der Waals surface area (Å²) in [6, 6.07) is 4.01. The fourth-order valence-electron chi connectivity index (χ4n) is 0.848. The molecule has 0 aliphatic carbocycles. The standard InChI is InChI=1S/C10H13N/c1-3-9(2)7-10-5-4-6-11-8-10/h4-8H,3H2,1-2H3/b9-7+. The molecule has 1 rings (SSSR count). The monoisotopic (exact) mass is 147 g/mol. The molecular formula is C10H13N. The summed E-state index contributed by atoms with van der Waals surface area (Å²) in [4.78, 5) is 4.03. The predicted molar refractivity (Wildman–Crippen MR) is 48.2 cm³/mol. The fourth-order valence-corrected chi connectivity index (χ4v) is 0.848. The van der Waals surface area contributed by atoms with Crippen molar-refractivity contribution in [3.05, 3.63) is 35.7 Å². The van der Waals surface area contributed by atoms with E-state index in [1.807, 2.05) is 12.3 Å². The second kappa shape index (κ2) is 3.91. The summed E-state index contributed by atoms with van der Waals surface area (Å²) in [5.74, 6) is 0. The molecule has 1 aromatic heterocycles. The molecule has 0 spiro atoms. The maximum absolute atomic E-state index is 4.03. The van der Waals surface area contributed by atoms with Crippen LogP contribution in [-0.2, 0) is 0 Å². The van der Waals surface area contributed by atoms with E-state index in [1.54, 1.807) is 6.20 Å². The zero-order valence-corrected chi connectivity index (χ0v) is 7.04. The minimum absolute atomic E-state index is 1.11. The van der Waals surface area contributed by atoms with Crippen molar-refractivity contribution in [2.45, 2.75) is 20.3 Å². The lowest BCUT2D eigenvalue weighted by Gasteiger charge is -1.94. The van der Waals surface area contributed by atoms with E-state index in [4.69, 9.17) is 0 Å². The Hall–Kier alpha value is -1.11. The third kappa shape index (κ3) is 2.54. The van der Waals surface area contributed by atoms with E-state index < -0.39 is 0 Å². The first kappa shape index (κ1) is 7.99. The highest BCUT2D eigenvalue weighted by atomic mass is 14.6. The molecule has 1 heteroatoms. The minimum Gasteiger partial charge on any atom is -0.264 e. The van der Waals surface area contributed by atoms with Crippen molar-refractivity contribution >= 4 is 6.08 Å². The maximum atomic E-state index is 4.03. The molecule has 0 radical (unpaired) electrons. The molecule has 0 unspecified atom stereocenters. The van der Waals surface area contributed by atoms with E-state index in [9.17, 15) is 0 Å². The van der Waals surface area contributed by atoms with Gasteiger partial charge < -0.3 is 0 Å². The van der Waals surface area contributed by atoms with Crippen molar-refractivity contribution in [2.24, 2.45) is 0 Å². The zero-order valence-electron chi connectivity index (χ0n) is 7.04. The predicted octanol–water partition coefficient (Wildman–Crippen LogP) is 2.89. The quantitative estimate of drug-likeness (QED) is 0.626. The number of pyridine rings is 1. The highest BCUT2D eigenvalue weighted by Crippen LogP contribution is 2.06. The van der Waals surface area contributed by atoms with Gasteiger partial charge in [0.25, 0.3) is 0 Å². The summed E-state index contributed by atoms with van der Waals surface area (Å²) in [5, 5.41) is 0. The first-order chi connectivity index (χ1) is 5.33. The molecule has 0 amide bonds. The first-order valence-corrected chi connectivity index (χ1v) is 3.90. The Morgan fingerprint density at radius 1 is 1.64 bits per heavy atom. The van der Waals surface area contributed by atoms with Crippen LogP contribution in [0.4, 0.5) is 0 Å². The Labute approximate surface area is 67.8 Å². The van der Waals surface area contributed by atoms with Crippen LogP contribution in [0.2, 0.25) is 0 Å². The second-order valence-electron chi connectivity index (χ2n) is 2.63. The van der Waals surface area contributed by atoms with Gasteiger partial charge in [0.1, 0.15) is 0 Å². The smallest absolute Gasteiger partial charge is 0.0340 e. The van der Waals surface area contributed by atoms with Gasteiger partial charge in [-0.25, -0.2) is 0 Å². The summed E-state index contributed by atoms with van der Waals surface area (Å²) < 4.78 is 0. The molecule has 1 nitrogen and oxygen atoms in total. The molecule has 0 atom stereocenters. The third-order valence-corrected chi connectivity index (χ3v) is 1.66. The van der Waals surface area contributed by atoms with Crippen molar-refractivity contribution in [1.82, 2.24) is 4.98 Å². The van der Waals surface area contributed by atoms with Crippen molar-refractivity contribution in [2.75, 3.05) is 0 Å². The van der Waals surface area contributed by atoms with E-state index >= 15 is 0 Å². The van der Waals surface area contributed by atoms with Gasteiger partial charge in [-0.2, -0.15) is 0 Å². The Morgan fingerprint density at radius 3 is 3.00 bits per heavy atom. The van der Waals surface area contributed by atoms with Gasteiger partial charge in [0.15, 0.2) is 0 Å². The molecule has 11 heavy (non-hydrogen) atoms. The molecule has 58 valence electrons. The molecular weight excluding hydrogens is 134 g/mol. The van der Waals surface area contributed by atoms with E-state index in [0.717, 1.165) is 6.42 Å². The zero-order chi connectivity index (χ0) is 8.10. The fraction of sp³-hybridized carbons (Fsp3) is 0.300. The Bertz CT molecular complexity index is 236. The summed E-state index contributed by atoms with van der Waals surface area (Å²) in [6.45, 7) is 4.29. The summed E-state index contributed by atoms with van der Waals surface area (Å²) in [6.07, 6.45) is 6.93. The normalized spacial score (nSPS) is 11.6. The molecule has 0 aliphatic heterocycles. The van der Waals surface area contributed by atoms with Crippen LogP contribution in [0.15, 0.2) is 30.1 Å². The molecule has 0 fully saturated rings. The van der Waals surface area contributed by atoms with Crippen molar-refractivity contribution in [3.8, 4) is 0 Å². The second-order valence-corrected chi connectivity index (χ2v) is 2.63. The van der Waals surface area contributed by atoms with Gasteiger partial charge in [-0.05, 0) is 25.0 Å². The highest BCUT2D eigenvalue weighted by molar-refractivity contribution is 5.50. The number of rotatable bonds is 2. The van der Waals surface area contributed by atoms with Crippen molar-refractivity contribution in [1.29, 1.82) is 0 Å². The van der Waals surface area contributed by atoms with Gasteiger partial charge in [-0.1, -0.05) is 24.6 Å². The molecule has 0 bridgehead atoms. The lowest BCUT2D eigenvalue weighted by Crippen LogP contribution is -1.76. The molecule has 0 saturated heterocycles. The molecule has 0 saturated carbocycles. The topological polar surface area (TPSA) is 12.9 Å². The van der Waals surface area contributed by atoms with Crippen LogP contribution in [0.1, 0.15) is 25.8 Å². The SMILES string of the molecule is CC/C(C)=C/c1cccnc1. The van der Waals surface area contributed by atoms with Crippen LogP contribution in [0.5, 0.6) is 0 Å². The number of aromatic nitrogens is 1. The Balaban J connectivity index is 2.79. The average Bonchev–Trinajstić information content (AvgIpc) is 2.06. The highest BCUT2D eigenvalue weighted by Gasteiger charge is 1.86. The van der Waals surface area contributed by atoms with Gasteiger partial charge in [-0.15, -0.1) is 0 Å². The first-order valence-electron chi connectivity index (χ1n) is 3.90. The summed E-state index contributed by atoms with van der Waals surface area (Å²) in [5.41, 5.74) is 2.57. The van der Waals surface area contributed by atoms with E-state index in [0.29, 0.717) is 0 Å². The van der Waals surface area contributed by atoms with E-state index in [-0.39, 0.29) is 0 Å². The van der Waals surface area contributed by atoms with Crippen LogP contribution in [-0.4, -0.2) is 4.98 Å². The number of hydrogen-bond donors (Lipinski definition) is 0. The molecule has 1 aromatic rings. The average molecular weight is 147 g/mol. The van der Waals surface area contributed by atoms with Crippen LogP contribution in [0.3, 0.4) is 0 Å². The third-order valence-electron chi connectivity index (χ3n) is 1.66. The Morgan fingerprint density at radius 2 is 2.45 bits per heavy atom. The van der Waals surface area contributed by atoms with Crippen LogP contribution < -0.4 is 0 Å². The number of nitrogens with zero attached hydrogens (tertiary/aromatic N) is 1. The van der Waals surface area contributed by atoms with Gasteiger partial charge >= 0.3 is 0 Å². The molecule has 0 N–H and O–H groups in total. The van der Waals surface area contributed by atoms with E-state index in [2.05, 4.69) is 31.0 Å². The van der Waals surface area contributed by atoms with Gasteiger partial charge in [0.05, 0.1) is 0 Å². The van der Waals surface area contributed by atoms with Crippen LogP contribution >= 0.6 is 0 Å². The summed E-state index contributed by atoms with van der Waals surface area (Å²) in [7, 11) is 0. The largest absolute Gasteiger partial charge is 0.264 e. The van der Waals surface area contributed by atoms with Crippen molar-refractivity contribution < 1.29 is 0 Å². The van der Waals surface area contributed by atoms with Gasteiger partial charge in [-0.3, -0.25) is 4.98 Å². The number of allylic oxidation sites excluding steroid dienone is 1. The van der Waals surface area contributed by atoms with Gasteiger partial charge in [0, 0.05) is 12.4 Å². The molecule has 0 aromatic carbocycles. The van der Waals surface area contributed by atoms with Gasteiger partial charge in [0.2, 0.25) is 0 Å². The lowest BCUT2D eigenvalue weighted by atomic mass is 10.1. The van der Waals surface area contributed by atoms with Crippen LogP contribution in [0, 0.1) is 0 Å². The Kier molecular flexibility index (Phi) is 2.84. The number of hydrogen-bond acceptors (Lipinski definition) is 1. The molecule has 1 heterocycles. The lowest BCUT2D eigenvalue weighted by molar-refractivity contribution is 1.11.